The Bertz CT molecular complexity index is 628. The summed E-state index contributed by atoms with van der Waals surface area (Å²) in [6.07, 6.45) is 6.55. The van der Waals surface area contributed by atoms with Crippen molar-refractivity contribution < 1.29 is 4.79 Å². The molecule has 0 radical (unpaired) electrons. The summed E-state index contributed by atoms with van der Waals surface area (Å²) in [7, 11) is 0. The number of pyridine rings is 1. The fourth-order valence-corrected chi connectivity index (χ4v) is 2.25. The molecule has 3 nitrogen and oxygen atoms in total. The summed E-state index contributed by atoms with van der Waals surface area (Å²) in [6, 6.07) is 7.50. The second-order valence-corrected chi connectivity index (χ2v) is 4.95. The number of carbonyl (C=O) groups is 1. The second-order valence-electron chi connectivity index (χ2n) is 4.55. The van der Waals surface area contributed by atoms with Crippen LogP contribution in [-0.2, 0) is 4.79 Å². The maximum Gasteiger partial charge on any atom is 0.248 e. The highest BCUT2D eigenvalue weighted by atomic mass is 35.5. The monoisotopic (exact) mass is 286 g/mol. The van der Waals surface area contributed by atoms with Crippen molar-refractivity contribution in [2.75, 3.05) is 5.32 Å². The molecule has 0 saturated heterocycles. The summed E-state index contributed by atoms with van der Waals surface area (Å²) in [5.74, 6) is -0.220. The number of anilines is 1. The maximum absolute atomic E-state index is 11.9. The smallest absolute Gasteiger partial charge is 0.248 e. The SMILES string of the molecule is Cc1cc(C)c(NC(=O)/C=C/c2cccnc2)c(Cl)c1. The van der Waals surface area contributed by atoms with Crippen LogP contribution in [0.25, 0.3) is 6.08 Å². The number of nitrogens with zero attached hydrogens (tertiary/aromatic N) is 1. The number of nitrogens with one attached hydrogen (secondary N) is 1. The Morgan fingerprint density at radius 2 is 2.15 bits per heavy atom. The molecule has 0 atom stereocenters. The maximum atomic E-state index is 11.9. The molecule has 0 saturated carbocycles. The Hall–Kier alpha value is -2.13. The summed E-state index contributed by atoms with van der Waals surface area (Å²) in [5, 5.41) is 3.34. The van der Waals surface area contributed by atoms with E-state index in [9.17, 15) is 4.79 Å². The van der Waals surface area contributed by atoms with Gasteiger partial charge in [0.15, 0.2) is 0 Å². The normalized spacial score (nSPS) is 10.8. The first kappa shape index (κ1) is 14.3. The van der Waals surface area contributed by atoms with Gasteiger partial charge in [0.05, 0.1) is 10.7 Å². The first-order valence-corrected chi connectivity index (χ1v) is 6.60. The number of rotatable bonds is 3. The summed E-state index contributed by atoms with van der Waals surface area (Å²) in [6.45, 7) is 3.88. The lowest BCUT2D eigenvalue weighted by Gasteiger charge is -2.10. The van der Waals surface area contributed by atoms with Crippen LogP contribution in [0, 0.1) is 13.8 Å². The van der Waals surface area contributed by atoms with Crippen molar-refractivity contribution in [3.63, 3.8) is 0 Å². The van der Waals surface area contributed by atoms with Crippen molar-refractivity contribution >= 4 is 29.3 Å². The van der Waals surface area contributed by atoms with Gasteiger partial charge >= 0.3 is 0 Å². The second kappa shape index (κ2) is 6.35. The van der Waals surface area contributed by atoms with Crippen LogP contribution in [0.1, 0.15) is 16.7 Å². The first-order chi connectivity index (χ1) is 9.56. The molecule has 20 heavy (non-hydrogen) atoms. The largest absolute Gasteiger partial charge is 0.321 e. The Morgan fingerprint density at radius 1 is 1.35 bits per heavy atom. The molecule has 1 N–H and O–H groups in total. The van der Waals surface area contributed by atoms with Crippen molar-refractivity contribution in [2.45, 2.75) is 13.8 Å². The lowest BCUT2D eigenvalue weighted by Crippen LogP contribution is -2.09. The molecule has 2 rings (SSSR count). The van der Waals surface area contributed by atoms with E-state index in [0.717, 1.165) is 16.7 Å². The van der Waals surface area contributed by atoms with E-state index in [1.54, 1.807) is 18.5 Å². The van der Waals surface area contributed by atoms with Crippen molar-refractivity contribution in [3.8, 4) is 0 Å². The molecule has 0 aliphatic rings. The molecule has 0 spiro atoms. The number of aryl methyl sites for hydroxylation is 2. The van der Waals surface area contributed by atoms with Crippen LogP contribution >= 0.6 is 11.6 Å². The van der Waals surface area contributed by atoms with Crippen LogP contribution in [0.4, 0.5) is 5.69 Å². The summed E-state index contributed by atoms with van der Waals surface area (Å²) in [5.41, 5.74) is 3.53. The van der Waals surface area contributed by atoms with E-state index >= 15 is 0 Å². The summed E-state index contributed by atoms with van der Waals surface area (Å²) >= 11 is 6.15. The van der Waals surface area contributed by atoms with Crippen LogP contribution in [-0.4, -0.2) is 10.9 Å². The fraction of sp³-hybridized carbons (Fsp3) is 0.125. The molecule has 1 amide bonds. The Labute approximate surface area is 123 Å². The Morgan fingerprint density at radius 3 is 2.80 bits per heavy atom. The van der Waals surface area contributed by atoms with Gasteiger partial charge in [-0.15, -0.1) is 0 Å². The van der Waals surface area contributed by atoms with E-state index in [2.05, 4.69) is 10.3 Å². The van der Waals surface area contributed by atoms with E-state index in [1.165, 1.54) is 6.08 Å². The first-order valence-electron chi connectivity index (χ1n) is 6.22. The van der Waals surface area contributed by atoms with Gasteiger partial charge in [-0.2, -0.15) is 0 Å². The van der Waals surface area contributed by atoms with Gasteiger partial charge in [0.25, 0.3) is 0 Å². The van der Waals surface area contributed by atoms with Gasteiger partial charge in [0, 0.05) is 18.5 Å². The molecule has 2 aromatic rings. The Kier molecular flexibility index (Phi) is 4.53. The van der Waals surface area contributed by atoms with Crippen LogP contribution in [0.5, 0.6) is 0 Å². The molecule has 1 aromatic heterocycles. The number of hydrogen-bond donors (Lipinski definition) is 1. The molecule has 1 aromatic carbocycles. The Balaban J connectivity index is 2.11. The zero-order valence-electron chi connectivity index (χ0n) is 11.4. The van der Waals surface area contributed by atoms with Gasteiger partial charge < -0.3 is 5.32 Å². The third kappa shape index (κ3) is 3.68. The predicted molar refractivity (Wildman–Crippen MR) is 82.8 cm³/mol. The third-order valence-corrected chi connectivity index (χ3v) is 3.09. The average molecular weight is 287 g/mol. The molecule has 0 bridgehead atoms. The molecule has 1 heterocycles. The van der Waals surface area contributed by atoms with E-state index in [-0.39, 0.29) is 5.91 Å². The van der Waals surface area contributed by atoms with Gasteiger partial charge in [0.2, 0.25) is 5.91 Å². The van der Waals surface area contributed by atoms with Crippen molar-refractivity contribution in [2.24, 2.45) is 0 Å². The number of aromatic nitrogens is 1. The van der Waals surface area contributed by atoms with Crippen LogP contribution in [0.2, 0.25) is 5.02 Å². The van der Waals surface area contributed by atoms with E-state index < -0.39 is 0 Å². The minimum absolute atomic E-state index is 0.220. The molecular formula is C16H15ClN2O. The van der Waals surface area contributed by atoms with Gasteiger partial charge in [-0.3, -0.25) is 9.78 Å². The van der Waals surface area contributed by atoms with Crippen LogP contribution in [0.3, 0.4) is 0 Å². The molecule has 0 fully saturated rings. The summed E-state index contributed by atoms with van der Waals surface area (Å²) in [4.78, 5) is 15.9. The standard InChI is InChI=1S/C16H15ClN2O/c1-11-8-12(2)16(14(17)9-11)19-15(20)6-5-13-4-3-7-18-10-13/h3-10H,1-2H3,(H,19,20)/b6-5+. The fourth-order valence-electron chi connectivity index (χ4n) is 1.89. The highest BCUT2D eigenvalue weighted by Crippen LogP contribution is 2.27. The lowest BCUT2D eigenvalue weighted by molar-refractivity contribution is -0.111. The number of halogens is 1. The van der Waals surface area contributed by atoms with Crippen molar-refractivity contribution in [1.29, 1.82) is 0 Å². The molecule has 0 aliphatic carbocycles. The molecule has 102 valence electrons. The highest BCUT2D eigenvalue weighted by molar-refractivity contribution is 6.34. The van der Waals surface area contributed by atoms with Gasteiger partial charge in [-0.1, -0.05) is 23.7 Å². The van der Waals surface area contributed by atoms with Crippen molar-refractivity contribution in [1.82, 2.24) is 4.98 Å². The quantitative estimate of drug-likeness (QED) is 0.867. The zero-order chi connectivity index (χ0) is 14.5. The van der Waals surface area contributed by atoms with Gasteiger partial charge in [0.1, 0.15) is 0 Å². The lowest BCUT2D eigenvalue weighted by atomic mass is 10.1. The van der Waals surface area contributed by atoms with E-state index in [0.29, 0.717) is 10.7 Å². The molecular weight excluding hydrogens is 272 g/mol. The third-order valence-electron chi connectivity index (χ3n) is 2.79. The predicted octanol–water partition coefficient (Wildman–Crippen LogP) is 4.00. The van der Waals surface area contributed by atoms with Crippen molar-refractivity contribution in [3.05, 3.63) is 64.4 Å². The highest BCUT2D eigenvalue weighted by Gasteiger charge is 2.07. The number of benzene rings is 1. The van der Waals surface area contributed by atoms with E-state index in [1.807, 2.05) is 38.1 Å². The minimum Gasteiger partial charge on any atom is -0.321 e. The van der Waals surface area contributed by atoms with E-state index in [4.69, 9.17) is 11.6 Å². The molecule has 0 unspecified atom stereocenters. The zero-order valence-corrected chi connectivity index (χ0v) is 12.1. The summed E-state index contributed by atoms with van der Waals surface area (Å²) < 4.78 is 0. The van der Waals surface area contributed by atoms with Crippen LogP contribution < -0.4 is 5.32 Å². The van der Waals surface area contributed by atoms with Gasteiger partial charge in [-0.25, -0.2) is 0 Å². The minimum atomic E-state index is -0.220. The number of hydrogen-bond acceptors (Lipinski definition) is 2. The average Bonchev–Trinajstić information content (AvgIpc) is 2.42. The van der Waals surface area contributed by atoms with Crippen LogP contribution in [0.15, 0.2) is 42.7 Å². The molecule has 4 heteroatoms. The number of carbonyl (C=O) groups excluding carboxylic acids is 1. The topological polar surface area (TPSA) is 42.0 Å². The number of amides is 1. The molecule has 0 aliphatic heterocycles. The van der Waals surface area contributed by atoms with Gasteiger partial charge in [-0.05, 0) is 48.7 Å².